The van der Waals surface area contributed by atoms with Crippen molar-refractivity contribution in [3.05, 3.63) is 34.1 Å². The number of nitrogens with two attached hydrogens (primary N) is 1. The molecule has 0 aliphatic carbocycles. The van der Waals surface area contributed by atoms with Crippen LogP contribution >= 0.6 is 15.9 Å². The van der Waals surface area contributed by atoms with Crippen molar-refractivity contribution < 1.29 is 4.39 Å². The molecule has 2 nitrogen and oxygen atoms in total. The van der Waals surface area contributed by atoms with Gasteiger partial charge in [0.05, 0.1) is 4.47 Å². The molecule has 1 rings (SSSR count). The lowest BCUT2D eigenvalue weighted by Crippen LogP contribution is -2.29. The Labute approximate surface area is 98.4 Å². The van der Waals surface area contributed by atoms with Crippen molar-refractivity contribution >= 4 is 15.9 Å². The van der Waals surface area contributed by atoms with Gasteiger partial charge in [-0.15, -0.1) is 0 Å². The van der Waals surface area contributed by atoms with Gasteiger partial charge in [-0.25, -0.2) is 4.39 Å². The SMILES string of the molecule is CCN(CCN)Cc1cccc(Br)c1F. The maximum Gasteiger partial charge on any atom is 0.141 e. The first-order valence-corrected chi connectivity index (χ1v) is 5.83. The summed E-state index contributed by atoms with van der Waals surface area (Å²) in [6.45, 7) is 4.93. The van der Waals surface area contributed by atoms with E-state index in [1.54, 1.807) is 12.1 Å². The minimum atomic E-state index is -0.173. The Bertz CT molecular complexity index is 317. The summed E-state index contributed by atoms with van der Waals surface area (Å²) in [5.41, 5.74) is 6.19. The Morgan fingerprint density at radius 1 is 1.47 bits per heavy atom. The van der Waals surface area contributed by atoms with Crippen LogP contribution in [0.4, 0.5) is 4.39 Å². The largest absolute Gasteiger partial charge is 0.329 e. The molecule has 0 aromatic heterocycles. The number of rotatable bonds is 5. The Kier molecular flexibility index (Phi) is 5.22. The zero-order chi connectivity index (χ0) is 11.3. The zero-order valence-electron chi connectivity index (χ0n) is 8.84. The average molecular weight is 275 g/mol. The van der Waals surface area contributed by atoms with Gasteiger partial charge in [0.1, 0.15) is 5.82 Å². The third kappa shape index (κ3) is 3.55. The van der Waals surface area contributed by atoms with E-state index in [0.29, 0.717) is 23.1 Å². The highest BCUT2D eigenvalue weighted by molar-refractivity contribution is 9.10. The molecule has 0 spiro atoms. The lowest BCUT2D eigenvalue weighted by atomic mass is 10.2. The van der Waals surface area contributed by atoms with Crippen molar-refractivity contribution in [3.63, 3.8) is 0 Å². The molecule has 0 bridgehead atoms. The molecular weight excluding hydrogens is 259 g/mol. The quantitative estimate of drug-likeness (QED) is 0.894. The molecule has 0 saturated heterocycles. The van der Waals surface area contributed by atoms with E-state index in [0.717, 1.165) is 13.1 Å². The van der Waals surface area contributed by atoms with Gasteiger partial charge in [0.25, 0.3) is 0 Å². The first-order valence-electron chi connectivity index (χ1n) is 5.04. The summed E-state index contributed by atoms with van der Waals surface area (Å²) in [5, 5.41) is 0. The van der Waals surface area contributed by atoms with Crippen molar-refractivity contribution in [3.8, 4) is 0 Å². The van der Waals surface area contributed by atoms with Crippen LogP contribution in [0.1, 0.15) is 12.5 Å². The van der Waals surface area contributed by atoms with Crippen molar-refractivity contribution in [2.45, 2.75) is 13.5 Å². The molecule has 15 heavy (non-hydrogen) atoms. The van der Waals surface area contributed by atoms with Gasteiger partial charge in [-0.1, -0.05) is 19.1 Å². The van der Waals surface area contributed by atoms with Crippen molar-refractivity contribution in [2.75, 3.05) is 19.6 Å². The summed E-state index contributed by atoms with van der Waals surface area (Å²) in [7, 11) is 0. The highest BCUT2D eigenvalue weighted by atomic mass is 79.9. The predicted octanol–water partition coefficient (Wildman–Crippen LogP) is 2.37. The molecule has 0 fully saturated rings. The molecule has 0 atom stereocenters. The normalized spacial score (nSPS) is 11.0. The van der Waals surface area contributed by atoms with Crippen LogP contribution in [0.2, 0.25) is 0 Å². The van der Waals surface area contributed by atoms with Crippen LogP contribution in [0.3, 0.4) is 0 Å². The van der Waals surface area contributed by atoms with Gasteiger partial charge < -0.3 is 5.73 Å². The van der Waals surface area contributed by atoms with Crippen LogP contribution in [0, 0.1) is 5.82 Å². The van der Waals surface area contributed by atoms with Gasteiger partial charge >= 0.3 is 0 Å². The van der Waals surface area contributed by atoms with E-state index < -0.39 is 0 Å². The number of likely N-dealkylation sites (N-methyl/N-ethyl adjacent to an activating group) is 1. The smallest absolute Gasteiger partial charge is 0.141 e. The molecule has 0 unspecified atom stereocenters. The van der Waals surface area contributed by atoms with Gasteiger partial charge in [0.2, 0.25) is 0 Å². The van der Waals surface area contributed by atoms with E-state index in [4.69, 9.17) is 5.73 Å². The van der Waals surface area contributed by atoms with Gasteiger partial charge in [-0.05, 0) is 28.5 Å². The van der Waals surface area contributed by atoms with Crippen LogP contribution in [-0.4, -0.2) is 24.5 Å². The van der Waals surface area contributed by atoms with Gasteiger partial charge in [0, 0.05) is 25.2 Å². The van der Waals surface area contributed by atoms with Crippen molar-refractivity contribution in [1.82, 2.24) is 4.90 Å². The monoisotopic (exact) mass is 274 g/mol. The van der Waals surface area contributed by atoms with Gasteiger partial charge in [-0.2, -0.15) is 0 Å². The number of nitrogens with zero attached hydrogens (tertiary/aromatic N) is 1. The fourth-order valence-electron chi connectivity index (χ4n) is 1.44. The van der Waals surface area contributed by atoms with Crippen LogP contribution in [0.25, 0.3) is 0 Å². The topological polar surface area (TPSA) is 29.3 Å². The Balaban J connectivity index is 2.74. The van der Waals surface area contributed by atoms with E-state index >= 15 is 0 Å². The minimum Gasteiger partial charge on any atom is -0.329 e. The molecule has 2 N–H and O–H groups in total. The summed E-state index contributed by atoms with van der Waals surface area (Å²) >= 11 is 3.18. The second kappa shape index (κ2) is 6.20. The average Bonchev–Trinajstić information content (AvgIpc) is 2.24. The minimum absolute atomic E-state index is 0.173. The third-order valence-corrected chi connectivity index (χ3v) is 2.93. The molecule has 1 aromatic rings. The van der Waals surface area contributed by atoms with E-state index in [-0.39, 0.29) is 5.82 Å². The summed E-state index contributed by atoms with van der Waals surface area (Å²) in [4.78, 5) is 2.12. The number of halogens is 2. The highest BCUT2D eigenvalue weighted by Crippen LogP contribution is 2.19. The predicted molar refractivity (Wildman–Crippen MR) is 64.1 cm³/mol. The molecule has 0 heterocycles. The van der Waals surface area contributed by atoms with E-state index in [2.05, 4.69) is 20.8 Å². The maximum absolute atomic E-state index is 13.6. The zero-order valence-corrected chi connectivity index (χ0v) is 10.4. The van der Waals surface area contributed by atoms with Crippen LogP contribution < -0.4 is 5.73 Å². The standard InChI is InChI=1S/C11H16BrFN2/c1-2-15(7-6-14)8-9-4-3-5-10(12)11(9)13/h3-5H,2,6-8,14H2,1H3. The van der Waals surface area contributed by atoms with Crippen LogP contribution in [0.5, 0.6) is 0 Å². The Morgan fingerprint density at radius 2 is 2.20 bits per heavy atom. The van der Waals surface area contributed by atoms with E-state index in [1.807, 2.05) is 13.0 Å². The molecule has 0 amide bonds. The molecule has 1 aromatic carbocycles. The first kappa shape index (κ1) is 12.6. The molecule has 4 heteroatoms. The molecular formula is C11H16BrFN2. The fourth-order valence-corrected chi connectivity index (χ4v) is 1.85. The summed E-state index contributed by atoms with van der Waals surface area (Å²) in [6, 6.07) is 5.36. The third-order valence-electron chi connectivity index (χ3n) is 2.32. The molecule has 0 aliphatic rings. The van der Waals surface area contributed by atoms with Crippen LogP contribution in [-0.2, 0) is 6.54 Å². The first-order chi connectivity index (χ1) is 7.19. The summed E-state index contributed by atoms with van der Waals surface area (Å²) in [6.07, 6.45) is 0. The maximum atomic E-state index is 13.6. The summed E-state index contributed by atoms with van der Waals surface area (Å²) in [5.74, 6) is -0.173. The number of hydrogen-bond acceptors (Lipinski definition) is 2. The van der Waals surface area contributed by atoms with E-state index in [1.165, 1.54) is 0 Å². The van der Waals surface area contributed by atoms with Gasteiger partial charge in [0.15, 0.2) is 0 Å². The van der Waals surface area contributed by atoms with E-state index in [9.17, 15) is 4.39 Å². The highest BCUT2D eigenvalue weighted by Gasteiger charge is 2.09. The summed E-state index contributed by atoms with van der Waals surface area (Å²) < 4.78 is 14.2. The van der Waals surface area contributed by atoms with Crippen LogP contribution in [0.15, 0.2) is 22.7 Å². The van der Waals surface area contributed by atoms with Crippen molar-refractivity contribution in [2.24, 2.45) is 5.73 Å². The van der Waals surface area contributed by atoms with Gasteiger partial charge in [-0.3, -0.25) is 4.90 Å². The number of hydrogen-bond donors (Lipinski definition) is 1. The Hall–Kier alpha value is -0.450. The lowest BCUT2D eigenvalue weighted by Gasteiger charge is -2.19. The molecule has 0 radical (unpaired) electrons. The second-order valence-electron chi connectivity index (χ2n) is 3.37. The second-order valence-corrected chi connectivity index (χ2v) is 4.22. The van der Waals surface area contributed by atoms with Crippen molar-refractivity contribution in [1.29, 1.82) is 0 Å². The molecule has 84 valence electrons. The lowest BCUT2D eigenvalue weighted by molar-refractivity contribution is 0.283. The molecule has 0 aliphatic heterocycles. The molecule has 0 saturated carbocycles. The number of benzene rings is 1. The fraction of sp³-hybridized carbons (Fsp3) is 0.455. The Morgan fingerprint density at radius 3 is 2.80 bits per heavy atom.